The summed E-state index contributed by atoms with van der Waals surface area (Å²) < 4.78 is 9.39. The van der Waals surface area contributed by atoms with Crippen LogP contribution >= 0.6 is 0 Å². The van der Waals surface area contributed by atoms with Crippen molar-refractivity contribution in [1.29, 1.82) is 0 Å². The highest BCUT2D eigenvalue weighted by atomic mass is 16.5. The summed E-state index contributed by atoms with van der Waals surface area (Å²) in [4.78, 5) is 34.7. The molecule has 1 amide bonds. The van der Waals surface area contributed by atoms with Crippen LogP contribution in [0.3, 0.4) is 0 Å². The molecular weight excluding hydrogens is 274 g/mol. The molecule has 1 aromatic carbocycles. The van der Waals surface area contributed by atoms with E-state index in [1.165, 1.54) is 0 Å². The molecule has 1 aromatic rings. The monoisotopic (exact) mass is 293 g/mol. The fourth-order valence-corrected chi connectivity index (χ4v) is 1.65. The Labute approximate surface area is 123 Å². The first-order chi connectivity index (χ1) is 9.95. The van der Waals surface area contributed by atoms with Gasteiger partial charge in [-0.25, -0.2) is 9.59 Å². The van der Waals surface area contributed by atoms with Crippen LogP contribution in [0.25, 0.3) is 0 Å². The van der Waals surface area contributed by atoms with Gasteiger partial charge >= 0.3 is 12.1 Å². The van der Waals surface area contributed by atoms with E-state index in [4.69, 9.17) is 4.74 Å². The molecule has 0 unspecified atom stereocenters. The molecule has 1 atom stereocenters. The molecule has 1 N–H and O–H groups in total. The van der Waals surface area contributed by atoms with Gasteiger partial charge in [-0.1, -0.05) is 44.2 Å². The average molecular weight is 293 g/mol. The fraction of sp³-hybridized carbons (Fsp3) is 0.400. The van der Waals surface area contributed by atoms with Crippen LogP contribution in [0, 0.1) is 5.92 Å². The molecule has 21 heavy (non-hydrogen) atoms. The normalized spacial score (nSPS) is 11.6. The first kappa shape index (κ1) is 16.7. The maximum atomic E-state index is 11.8. The maximum absolute atomic E-state index is 11.8. The number of hydrogen-bond donors (Lipinski definition) is 1. The molecule has 0 spiro atoms. The molecule has 0 aromatic heterocycles. The van der Waals surface area contributed by atoms with Gasteiger partial charge in [-0.3, -0.25) is 4.79 Å². The molecule has 0 saturated heterocycles. The molecule has 0 aliphatic carbocycles. The van der Waals surface area contributed by atoms with Gasteiger partial charge in [0.05, 0.1) is 7.11 Å². The van der Waals surface area contributed by atoms with Crippen molar-refractivity contribution >= 4 is 17.8 Å². The van der Waals surface area contributed by atoms with Gasteiger partial charge in [0, 0.05) is 0 Å². The van der Waals surface area contributed by atoms with Crippen molar-refractivity contribution in [3.63, 3.8) is 0 Å². The van der Waals surface area contributed by atoms with E-state index in [-0.39, 0.29) is 12.5 Å². The molecular formula is C15H19NO5. The minimum absolute atomic E-state index is 0.0872. The minimum atomic E-state index is -0.989. The van der Waals surface area contributed by atoms with E-state index >= 15 is 0 Å². The summed E-state index contributed by atoms with van der Waals surface area (Å²) in [6.07, 6.45) is -0.755. The van der Waals surface area contributed by atoms with Crippen LogP contribution in [-0.2, 0) is 25.7 Å². The van der Waals surface area contributed by atoms with Crippen molar-refractivity contribution in [3.8, 4) is 0 Å². The Morgan fingerprint density at radius 2 is 1.76 bits per heavy atom. The second kappa shape index (κ2) is 8.04. The Bertz CT molecular complexity index is 498. The lowest BCUT2D eigenvalue weighted by Gasteiger charge is -2.19. The van der Waals surface area contributed by atoms with Crippen molar-refractivity contribution in [2.75, 3.05) is 7.11 Å². The zero-order valence-corrected chi connectivity index (χ0v) is 12.3. The zero-order valence-electron chi connectivity index (χ0n) is 12.3. The molecule has 0 saturated carbocycles. The third-order valence-electron chi connectivity index (χ3n) is 2.82. The lowest BCUT2D eigenvalue weighted by atomic mass is 10.0. The maximum Gasteiger partial charge on any atom is 0.408 e. The molecule has 1 rings (SSSR count). The van der Waals surface area contributed by atoms with Crippen LogP contribution in [0.4, 0.5) is 4.79 Å². The van der Waals surface area contributed by atoms with Gasteiger partial charge in [0.25, 0.3) is 5.78 Å². The molecule has 0 aliphatic heterocycles. The number of methoxy groups -OCH3 is 1. The number of amides is 1. The standard InChI is InChI=1S/C15H19NO5/c1-10(2)12(13(17)14(18)20-3)16-15(19)21-9-11-7-5-4-6-8-11/h4-8,10,12H,9H2,1-3H3,(H,16,19)/t12-/m0/s1. The quantitative estimate of drug-likeness (QED) is 0.637. The third-order valence-corrected chi connectivity index (χ3v) is 2.82. The van der Waals surface area contributed by atoms with Gasteiger partial charge in [0.1, 0.15) is 12.6 Å². The van der Waals surface area contributed by atoms with Gasteiger partial charge in [0.15, 0.2) is 0 Å². The van der Waals surface area contributed by atoms with Crippen molar-refractivity contribution in [2.24, 2.45) is 5.92 Å². The number of ether oxygens (including phenoxy) is 2. The summed E-state index contributed by atoms with van der Waals surface area (Å²) in [5.74, 6) is -2.05. The van der Waals surface area contributed by atoms with Crippen LogP contribution in [0.5, 0.6) is 0 Å². The van der Waals surface area contributed by atoms with E-state index in [0.717, 1.165) is 12.7 Å². The van der Waals surface area contributed by atoms with E-state index < -0.39 is 23.9 Å². The van der Waals surface area contributed by atoms with Gasteiger partial charge in [-0.05, 0) is 11.5 Å². The average Bonchev–Trinajstić information content (AvgIpc) is 2.49. The lowest BCUT2D eigenvalue weighted by molar-refractivity contribution is -0.153. The number of esters is 1. The minimum Gasteiger partial charge on any atom is -0.463 e. The topological polar surface area (TPSA) is 81.7 Å². The highest BCUT2D eigenvalue weighted by molar-refractivity contribution is 6.36. The number of benzene rings is 1. The molecule has 0 fully saturated rings. The third kappa shape index (κ3) is 5.25. The molecule has 6 heteroatoms. The molecule has 6 nitrogen and oxygen atoms in total. The molecule has 114 valence electrons. The predicted octanol–water partition coefficient (Wildman–Crippen LogP) is 1.68. The summed E-state index contributed by atoms with van der Waals surface area (Å²) in [6, 6.07) is 8.16. The van der Waals surface area contributed by atoms with Crippen LogP contribution < -0.4 is 5.32 Å². The van der Waals surface area contributed by atoms with Crippen molar-refractivity contribution in [2.45, 2.75) is 26.5 Å². The van der Waals surface area contributed by atoms with Crippen molar-refractivity contribution in [3.05, 3.63) is 35.9 Å². The van der Waals surface area contributed by atoms with E-state index in [9.17, 15) is 14.4 Å². The number of carbonyl (C=O) groups is 3. The van der Waals surface area contributed by atoms with Crippen molar-refractivity contribution in [1.82, 2.24) is 5.32 Å². The van der Waals surface area contributed by atoms with Gasteiger partial charge in [-0.15, -0.1) is 0 Å². The summed E-state index contributed by atoms with van der Waals surface area (Å²) in [5, 5.41) is 2.39. The first-order valence-corrected chi connectivity index (χ1v) is 6.55. The van der Waals surface area contributed by atoms with Crippen LogP contribution in [0.2, 0.25) is 0 Å². The Kier molecular flexibility index (Phi) is 6.39. The van der Waals surface area contributed by atoms with E-state index in [2.05, 4.69) is 10.1 Å². The number of rotatable bonds is 6. The summed E-state index contributed by atoms with van der Waals surface area (Å²) in [5.41, 5.74) is 0.827. The number of ketones is 1. The number of alkyl carbamates (subject to hydrolysis) is 1. The Morgan fingerprint density at radius 1 is 1.14 bits per heavy atom. The highest BCUT2D eigenvalue weighted by Gasteiger charge is 2.30. The van der Waals surface area contributed by atoms with Gasteiger partial charge in [-0.2, -0.15) is 0 Å². The zero-order chi connectivity index (χ0) is 15.8. The molecule has 0 heterocycles. The van der Waals surface area contributed by atoms with Crippen LogP contribution in [-0.4, -0.2) is 31.0 Å². The number of nitrogens with one attached hydrogen (secondary N) is 1. The molecule has 0 bridgehead atoms. The highest BCUT2D eigenvalue weighted by Crippen LogP contribution is 2.06. The summed E-state index contributed by atoms with van der Waals surface area (Å²) >= 11 is 0. The number of Topliss-reactive ketones (excluding diaryl/α,β-unsaturated/α-hetero) is 1. The SMILES string of the molecule is COC(=O)C(=O)[C@@H](NC(=O)OCc1ccccc1)C(C)C. The second-order valence-electron chi connectivity index (χ2n) is 4.78. The van der Waals surface area contributed by atoms with Crippen LogP contribution in [0.1, 0.15) is 19.4 Å². The van der Waals surface area contributed by atoms with Gasteiger partial charge in [0.2, 0.25) is 0 Å². The Balaban J connectivity index is 2.57. The second-order valence-corrected chi connectivity index (χ2v) is 4.78. The van der Waals surface area contributed by atoms with E-state index in [0.29, 0.717) is 0 Å². The predicted molar refractivity (Wildman–Crippen MR) is 75.4 cm³/mol. The van der Waals surface area contributed by atoms with E-state index in [1.807, 2.05) is 30.3 Å². The Morgan fingerprint density at radius 3 is 2.29 bits per heavy atom. The molecule has 0 radical (unpaired) electrons. The van der Waals surface area contributed by atoms with Crippen LogP contribution in [0.15, 0.2) is 30.3 Å². The lowest BCUT2D eigenvalue weighted by Crippen LogP contribution is -2.47. The number of hydrogen-bond acceptors (Lipinski definition) is 5. The van der Waals surface area contributed by atoms with Gasteiger partial charge < -0.3 is 14.8 Å². The fourth-order valence-electron chi connectivity index (χ4n) is 1.65. The number of carbonyl (C=O) groups excluding carboxylic acids is 3. The molecule has 0 aliphatic rings. The Hall–Kier alpha value is -2.37. The first-order valence-electron chi connectivity index (χ1n) is 6.55. The summed E-state index contributed by atoms with van der Waals surface area (Å²) in [6.45, 7) is 3.51. The van der Waals surface area contributed by atoms with E-state index in [1.54, 1.807) is 13.8 Å². The largest absolute Gasteiger partial charge is 0.463 e. The van der Waals surface area contributed by atoms with Crippen molar-refractivity contribution < 1.29 is 23.9 Å². The summed E-state index contributed by atoms with van der Waals surface area (Å²) in [7, 11) is 1.12. The smallest absolute Gasteiger partial charge is 0.408 e.